The highest BCUT2D eigenvalue weighted by Gasteiger charge is 1.77. The molecule has 0 radical (unpaired) electrons. The van der Waals surface area contributed by atoms with Crippen molar-refractivity contribution in [3.63, 3.8) is 0 Å². The fourth-order valence-electron chi connectivity index (χ4n) is 0.675. The van der Waals surface area contributed by atoms with E-state index in [2.05, 4.69) is 0 Å². The molecule has 1 aromatic carbocycles. The molecule has 0 bridgehead atoms. The Balaban J connectivity index is 0.000000810. The van der Waals surface area contributed by atoms with Crippen molar-refractivity contribution in [2.24, 2.45) is 5.73 Å². The van der Waals surface area contributed by atoms with Crippen molar-refractivity contribution in [2.45, 2.75) is 0 Å². The second-order valence-electron chi connectivity index (χ2n) is 1.77. The Morgan fingerprint density at radius 2 is 1.89 bits per heavy atom. The standard InChI is InChI=1S/C8H9N.H2/c9-7-6-8-4-2-1-3-5-8;/h1-7H,9H2;1H/b7-6-;. The Labute approximate surface area is 56.3 Å². The Hall–Kier alpha value is -1.24. The van der Waals surface area contributed by atoms with Crippen molar-refractivity contribution in [3.8, 4) is 0 Å². The highest BCUT2D eigenvalue weighted by molar-refractivity contribution is 5.47. The fraction of sp³-hybridized carbons (Fsp3) is 0. The van der Waals surface area contributed by atoms with Gasteiger partial charge in [0, 0.05) is 1.43 Å². The zero-order valence-corrected chi connectivity index (χ0v) is 5.12. The number of hydrogen-bond donors (Lipinski definition) is 1. The van der Waals surface area contributed by atoms with Crippen LogP contribution in [0.4, 0.5) is 0 Å². The molecule has 48 valence electrons. The largest absolute Gasteiger partial charge is 0.405 e. The number of hydrogen-bond acceptors (Lipinski definition) is 1. The smallest absolute Gasteiger partial charge is 0 e. The summed E-state index contributed by atoms with van der Waals surface area (Å²) in [5.41, 5.74) is 6.32. The van der Waals surface area contributed by atoms with Gasteiger partial charge in [-0.25, -0.2) is 0 Å². The van der Waals surface area contributed by atoms with Crippen molar-refractivity contribution in [2.75, 3.05) is 0 Å². The van der Waals surface area contributed by atoms with E-state index in [9.17, 15) is 0 Å². The summed E-state index contributed by atoms with van der Waals surface area (Å²) >= 11 is 0. The minimum atomic E-state index is 0. The maximum Gasteiger partial charge on any atom is 0 e. The molecule has 1 nitrogen and oxygen atoms in total. The molecule has 9 heavy (non-hydrogen) atoms. The number of benzene rings is 1. The summed E-state index contributed by atoms with van der Waals surface area (Å²) in [5.74, 6) is 0. The van der Waals surface area contributed by atoms with Crippen LogP contribution in [0.1, 0.15) is 6.99 Å². The van der Waals surface area contributed by atoms with E-state index in [1.807, 2.05) is 36.4 Å². The van der Waals surface area contributed by atoms with Crippen molar-refractivity contribution in [1.82, 2.24) is 0 Å². The van der Waals surface area contributed by atoms with Gasteiger partial charge in [0.1, 0.15) is 0 Å². The molecule has 0 saturated heterocycles. The average molecular weight is 121 g/mol. The van der Waals surface area contributed by atoms with Gasteiger partial charge in [-0.2, -0.15) is 0 Å². The number of nitrogens with two attached hydrogens (primary N) is 1. The summed E-state index contributed by atoms with van der Waals surface area (Å²) in [6.45, 7) is 0. The molecule has 0 aliphatic carbocycles. The van der Waals surface area contributed by atoms with Crippen molar-refractivity contribution in [3.05, 3.63) is 42.1 Å². The Bertz CT molecular complexity index is 194. The van der Waals surface area contributed by atoms with Crippen LogP contribution in [0.3, 0.4) is 0 Å². The van der Waals surface area contributed by atoms with Crippen LogP contribution in [0, 0.1) is 0 Å². The van der Waals surface area contributed by atoms with Crippen LogP contribution in [-0.2, 0) is 0 Å². The Morgan fingerprint density at radius 1 is 1.22 bits per heavy atom. The van der Waals surface area contributed by atoms with E-state index in [-0.39, 0.29) is 1.43 Å². The summed E-state index contributed by atoms with van der Waals surface area (Å²) in [6.07, 6.45) is 3.40. The maximum atomic E-state index is 5.18. The van der Waals surface area contributed by atoms with Gasteiger partial charge in [-0.3, -0.25) is 0 Å². The first-order valence-corrected chi connectivity index (χ1v) is 2.87. The van der Waals surface area contributed by atoms with Crippen LogP contribution in [-0.4, -0.2) is 0 Å². The van der Waals surface area contributed by atoms with Gasteiger partial charge in [0.2, 0.25) is 0 Å². The van der Waals surface area contributed by atoms with E-state index >= 15 is 0 Å². The van der Waals surface area contributed by atoms with E-state index < -0.39 is 0 Å². The summed E-state index contributed by atoms with van der Waals surface area (Å²) in [6, 6.07) is 9.95. The molecule has 2 N–H and O–H groups in total. The summed E-state index contributed by atoms with van der Waals surface area (Å²) in [5, 5.41) is 0. The predicted molar refractivity (Wildman–Crippen MR) is 41.8 cm³/mol. The molecule has 0 aliphatic heterocycles. The molecule has 1 aromatic rings. The third-order valence-corrected chi connectivity index (χ3v) is 1.09. The minimum absolute atomic E-state index is 0. The second-order valence-corrected chi connectivity index (χ2v) is 1.77. The normalized spacial score (nSPS) is 10.2. The van der Waals surface area contributed by atoms with Crippen LogP contribution in [0.25, 0.3) is 6.08 Å². The molecule has 0 aromatic heterocycles. The lowest BCUT2D eigenvalue weighted by Crippen LogP contribution is -1.75. The molecule has 0 unspecified atom stereocenters. The van der Waals surface area contributed by atoms with Gasteiger partial charge < -0.3 is 5.73 Å². The summed E-state index contributed by atoms with van der Waals surface area (Å²) in [7, 11) is 0. The van der Waals surface area contributed by atoms with Gasteiger partial charge in [0.25, 0.3) is 0 Å². The molecule has 0 atom stereocenters. The third kappa shape index (κ3) is 1.61. The maximum absolute atomic E-state index is 5.18. The molecule has 0 saturated carbocycles. The first-order valence-electron chi connectivity index (χ1n) is 2.87. The molecule has 0 spiro atoms. The van der Waals surface area contributed by atoms with Gasteiger partial charge in [0.05, 0.1) is 0 Å². The zero-order chi connectivity index (χ0) is 6.53. The quantitative estimate of drug-likeness (QED) is 0.603. The molecule has 0 heterocycles. The van der Waals surface area contributed by atoms with Gasteiger partial charge in [-0.05, 0) is 17.8 Å². The van der Waals surface area contributed by atoms with Crippen molar-refractivity contribution < 1.29 is 1.43 Å². The van der Waals surface area contributed by atoms with E-state index in [1.54, 1.807) is 0 Å². The molecule has 0 amide bonds. The SMILES string of the molecule is N/C=C\c1ccccc1.[HH]. The number of rotatable bonds is 1. The zero-order valence-electron chi connectivity index (χ0n) is 5.12. The highest BCUT2D eigenvalue weighted by atomic mass is 14.5. The first-order chi connectivity index (χ1) is 4.43. The molecular formula is C8H11N. The van der Waals surface area contributed by atoms with Gasteiger partial charge >= 0.3 is 0 Å². The van der Waals surface area contributed by atoms with Crippen LogP contribution in [0.5, 0.6) is 0 Å². The van der Waals surface area contributed by atoms with E-state index in [4.69, 9.17) is 5.73 Å². The van der Waals surface area contributed by atoms with Gasteiger partial charge in [-0.1, -0.05) is 30.3 Å². The van der Waals surface area contributed by atoms with E-state index in [0.717, 1.165) is 5.56 Å². The lowest BCUT2D eigenvalue weighted by atomic mass is 10.2. The van der Waals surface area contributed by atoms with Gasteiger partial charge in [0.15, 0.2) is 0 Å². The molecule has 1 heteroatoms. The van der Waals surface area contributed by atoms with Crippen LogP contribution in [0.15, 0.2) is 36.5 Å². The second kappa shape index (κ2) is 2.92. The predicted octanol–water partition coefficient (Wildman–Crippen LogP) is 1.86. The minimum Gasteiger partial charge on any atom is -0.405 e. The molecule has 0 fully saturated rings. The lowest BCUT2D eigenvalue weighted by Gasteiger charge is -1.86. The van der Waals surface area contributed by atoms with Gasteiger partial charge in [-0.15, -0.1) is 0 Å². The van der Waals surface area contributed by atoms with Crippen molar-refractivity contribution in [1.29, 1.82) is 0 Å². The van der Waals surface area contributed by atoms with Crippen LogP contribution >= 0.6 is 0 Å². The Kier molecular flexibility index (Phi) is 1.91. The Morgan fingerprint density at radius 3 is 2.44 bits per heavy atom. The lowest BCUT2D eigenvalue weighted by molar-refractivity contribution is 1.60. The third-order valence-electron chi connectivity index (χ3n) is 1.09. The fourth-order valence-corrected chi connectivity index (χ4v) is 0.675. The molecular weight excluding hydrogens is 110 g/mol. The van der Waals surface area contributed by atoms with E-state index in [0.29, 0.717) is 0 Å². The van der Waals surface area contributed by atoms with Crippen molar-refractivity contribution >= 4 is 6.08 Å². The van der Waals surface area contributed by atoms with Crippen LogP contribution < -0.4 is 5.73 Å². The average Bonchev–Trinajstić information content (AvgIpc) is 1.91. The van der Waals surface area contributed by atoms with Crippen LogP contribution in [0.2, 0.25) is 0 Å². The monoisotopic (exact) mass is 121 g/mol. The summed E-state index contributed by atoms with van der Waals surface area (Å²) in [4.78, 5) is 0. The topological polar surface area (TPSA) is 26.0 Å². The highest BCUT2D eigenvalue weighted by Crippen LogP contribution is 1.98. The molecule has 1 rings (SSSR count). The first kappa shape index (κ1) is 5.89. The summed E-state index contributed by atoms with van der Waals surface area (Å²) < 4.78 is 0. The van der Waals surface area contributed by atoms with E-state index in [1.165, 1.54) is 6.20 Å². The molecule has 0 aliphatic rings.